The molecule has 0 aliphatic rings. The molecule has 3 aromatic carbocycles. The van der Waals surface area contributed by atoms with Crippen molar-refractivity contribution in [1.29, 1.82) is 0 Å². The number of aromatic nitrogens is 1. The average molecular weight is 761 g/mol. The Morgan fingerprint density at radius 3 is 1.91 bits per heavy atom. The number of aliphatic hydroxyl groups excluding tert-OH is 1. The second kappa shape index (κ2) is 20.9. The Morgan fingerprint density at radius 2 is 1.33 bits per heavy atom. The molecule has 0 saturated carbocycles. The second-order valence-corrected chi connectivity index (χ2v) is 13.9. The summed E-state index contributed by atoms with van der Waals surface area (Å²) in [4.78, 5) is 43.8. The topological polar surface area (TPSA) is 148 Å². The maximum absolute atomic E-state index is 16.0. The number of amides is 3. The summed E-state index contributed by atoms with van der Waals surface area (Å²) in [7, 11) is 0. The molecule has 0 saturated heterocycles. The van der Waals surface area contributed by atoms with E-state index in [-0.39, 0.29) is 32.2 Å². The number of carbonyl (C=O) groups is 3. The Balaban J connectivity index is 1.49. The number of ether oxygens (including phenoxy) is 3. The lowest BCUT2D eigenvalue weighted by atomic mass is 9.94. The third-order valence-corrected chi connectivity index (χ3v) is 8.84. The Morgan fingerprint density at radius 1 is 0.709 bits per heavy atom. The smallest absolute Gasteiger partial charge is 0.408 e. The number of alkyl halides is 2. The van der Waals surface area contributed by atoms with Gasteiger partial charge in [0, 0.05) is 6.20 Å². The van der Waals surface area contributed by atoms with Crippen LogP contribution in [0.3, 0.4) is 0 Å². The van der Waals surface area contributed by atoms with E-state index in [1.165, 1.54) is 0 Å². The van der Waals surface area contributed by atoms with Crippen LogP contribution < -0.4 is 20.7 Å². The molecule has 1 heterocycles. The number of rotatable bonds is 20. The number of hydrogen-bond donors (Lipinski definition) is 4. The molecule has 1 aromatic heterocycles. The number of nitrogens with zero attached hydrogens (tertiary/aromatic N) is 1. The number of hydrogen-bond acceptors (Lipinski definition) is 8. The fourth-order valence-corrected chi connectivity index (χ4v) is 5.48. The van der Waals surface area contributed by atoms with E-state index in [1.807, 2.05) is 36.4 Å². The van der Waals surface area contributed by atoms with E-state index in [2.05, 4.69) is 20.9 Å². The Bertz CT molecular complexity index is 1770. The maximum Gasteiger partial charge on any atom is 0.408 e. The molecule has 0 aliphatic heterocycles. The summed E-state index contributed by atoms with van der Waals surface area (Å²) in [6.45, 7) is 7.06. The van der Waals surface area contributed by atoms with Gasteiger partial charge in [0.1, 0.15) is 31.1 Å². The highest BCUT2D eigenvalue weighted by atomic mass is 19.3. The molecular formula is C42H50F2N4O7. The first-order chi connectivity index (χ1) is 26.3. The summed E-state index contributed by atoms with van der Waals surface area (Å²) in [6, 6.07) is 26.5. The number of nitrogens with one attached hydrogen (secondary N) is 3. The largest absolute Gasteiger partial charge is 0.489 e. The molecule has 0 fully saturated rings. The lowest BCUT2D eigenvalue weighted by Gasteiger charge is -2.33. The lowest BCUT2D eigenvalue weighted by Crippen LogP contribution is -2.62. The van der Waals surface area contributed by atoms with Gasteiger partial charge in [-0.1, -0.05) is 107 Å². The van der Waals surface area contributed by atoms with Gasteiger partial charge in [-0.15, -0.1) is 0 Å². The Kier molecular flexibility index (Phi) is 16.1. The summed E-state index contributed by atoms with van der Waals surface area (Å²) < 4.78 is 48.8. The van der Waals surface area contributed by atoms with E-state index in [0.717, 1.165) is 11.1 Å². The molecule has 13 heteroatoms. The molecular weight excluding hydrogens is 710 g/mol. The number of carbonyl (C=O) groups excluding carboxylic acids is 3. The van der Waals surface area contributed by atoms with Crippen LogP contribution in [0, 0.1) is 11.8 Å². The van der Waals surface area contributed by atoms with Crippen LogP contribution in [0.15, 0.2) is 109 Å². The van der Waals surface area contributed by atoms with Crippen LogP contribution in [-0.4, -0.2) is 64.8 Å². The molecule has 4 N–H and O–H groups in total. The van der Waals surface area contributed by atoms with E-state index in [0.29, 0.717) is 23.6 Å². The molecule has 4 atom stereocenters. The van der Waals surface area contributed by atoms with Crippen molar-refractivity contribution in [2.24, 2.45) is 11.8 Å². The van der Waals surface area contributed by atoms with Gasteiger partial charge >= 0.3 is 12.0 Å². The third kappa shape index (κ3) is 13.4. The monoisotopic (exact) mass is 760 g/mol. The molecule has 0 radical (unpaired) electrons. The first-order valence-electron chi connectivity index (χ1n) is 18.2. The molecule has 0 bridgehead atoms. The zero-order chi connectivity index (χ0) is 39.8. The fourth-order valence-electron chi connectivity index (χ4n) is 5.48. The molecule has 3 amide bonds. The number of aliphatic hydroxyl groups is 1. The van der Waals surface area contributed by atoms with Crippen molar-refractivity contribution in [3.8, 4) is 5.75 Å². The average Bonchev–Trinajstić information content (AvgIpc) is 3.18. The van der Waals surface area contributed by atoms with Crippen molar-refractivity contribution in [3.05, 3.63) is 132 Å². The van der Waals surface area contributed by atoms with Crippen LogP contribution in [0.1, 0.15) is 50.1 Å². The van der Waals surface area contributed by atoms with E-state index in [9.17, 15) is 19.5 Å². The molecule has 2 unspecified atom stereocenters. The number of halogens is 2. The molecule has 0 spiro atoms. The predicted molar refractivity (Wildman–Crippen MR) is 203 cm³/mol. The van der Waals surface area contributed by atoms with Gasteiger partial charge < -0.3 is 35.3 Å². The van der Waals surface area contributed by atoms with E-state index < -0.39 is 54.0 Å². The summed E-state index contributed by atoms with van der Waals surface area (Å²) in [5.41, 5.74) is 2.77. The van der Waals surface area contributed by atoms with Gasteiger partial charge in [0.25, 0.3) is 5.91 Å². The molecule has 55 heavy (non-hydrogen) atoms. The quantitative estimate of drug-likeness (QED) is 0.0859. The van der Waals surface area contributed by atoms with Crippen molar-refractivity contribution in [2.75, 3.05) is 6.61 Å². The zero-order valence-corrected chi connectivity index (χ0v) is 31.5. The SMILES string of the molecule is CC(C)[C@H](COCc1ccccn1)NC(=O)C(F)(F)C(O)C(Cc1ccc(OCc2ccccc2)cc1)NC(=O)[C@@H](NC(=O)OCc1ccccc1)C(C)C. The zero-order valence-electron chi connectivity index (χ0n) is 31.5. The predicted octanol–water partition coefficient (Wildman–Crippen LogP) is 5.99. The van der Waals surface area contributed by atoms with Crippen LogP contribution in [0.25, 0.3) is 0 Å². The molecule has 4 aromatic rings. The third-order valence-electron chi connectivity index (χ3n) is 8.84. The maximum atomic E-state index is 16.0. The minimum atomic E-state index is -4.36. The van der Waals surface area contributed by atoms with Gasteiger partial charge in [-0.25, -0.2) is 4.79 Å². The van der Waals surface area contributed by atoms with Crippen molar-refractivity contribution < 1.29 is 42.5 Å². The van der Waals surface area contributed by atoms with Crippen LogP contribution in [-0.2, 0) is 45.3 Å². The highest BCUT2D eigenvalue weighted by Crippen LogP contribution is 2.26. The van der Waals surface area contributed by atoms with Gasteiger partial charge in [0.05, 0.1) is 31.0 Å². The minimum absolute atomic E-state index is 0.0571. The van der Waals surface area contributed by atoms with Crippen molar-refractivity contribution in [3.63, 3.8) is 0 Å². The Hall–Kier alpha value is -5.40. The standard InChI is InChI=1S/C42H50F2N4O7/c1-28(2)36(27-53-26-33-17-11-12-22-45-33)47-40(51)42(43,44)38(49)35(23-30-18-20-34(21-19-30)54-24-31-13-7-5-8-14-31)46-39(50)37(29(3)4)48-41(52)55-25-32-15-9-6-10-16-32/h5-22,28-29,35-38,49H,23-27H2,1-4H3,(H,46,50)(H,47,51)(H,48,52)/t35?,36-,37-,38?/m0/s1. The highest BCUT2D eigenvalue weighted by Gasteiger charge is 2.51. The summed E-state index contributed by atoms with van der Waals surface area (Å²) in [6.07, 6.45) is -2.26. The van der Waals surface area contributed by atoms with Crippen molar-refractivity contribution in [1.82, 2.24) is 20.9 Å². The summed E-state index contributed by atoms with van der Waals surface area (Å²) in [5, 5.41) is 18.6. The summed E-state index contributed by atoms with van der Waals surface area (Å²) in [5.74, 6) is -7.24. The Labute approximate surface area is 320 Å². The molecule has 294 valence electrons. The van der Waals surface area contributed by atoms with Crippen molar-refractivity contribution >= 4 is 17.9 Å². The van der Waals surface area contributed by atoms with Gasteiger partial charge in [-0.2, -0.15) is 8.78 Å². The van der Waals surface area contributed by atoms with Crippen LogP contribution in [0.5, 0.6) is 5.75 Å². The van der Waals surface area contributed by atoms with Gasteiger partial charge in [-0.3, -0.25) is 14.6 Å². The number of alkyl carbamates (subject to hydrolysis) is 1. The number of pyridine rings is 1. The summed E-state index contributed by atoms with van der Waals surface area (Å²) >= 11 is 0. The first kappa shape index (κ1) is 42.3. The van der Waals surface area contributed by atoms with Gasteiger partial charge in [0.2, 0.25) is 5.91 Å². The highest BCUT2D eigenvalue weighted by molar-refractivity contribution is 5.87. The molecule has 4 rings (SSSR count). The lowest BCUT2D eigenvalue weighted by molar-refractivity contribution is -0.169. The van der Waals surface area contributed by atoms with E-state index in [4.69, 9.17) is 14.2 Å². The first-order valence-corrected chi connectivity index (χ1v) is 18.2. The van der Waals surface area contributed by atoms with Crippen LogP contribution in [0.4, 0.5) is 13.6 Å². The molecule has 0 aliphatic carbocycles. The fraction of sp³-hybridized carbons (Fsp3) is 0.381. The normalized spacial score (nSPS) is 13.7. The van der Waals surface area contributed by atoms with E-state index >= 15 is 8.78 Å². The number of benzene rings is 3. The van der Waals surface area contributed by atoms with Crippen LogP contribution >= 0.6 is 0 Å². The molecule has 11 nitrogen and oxygen atoms in total. The van der Waals surface area contributed by atoms with Gasteiger partial charge in [-0.05, 0) is 59.2 Å². The second-order valence-electron chi connectivity index (χ2n) is 13.9. The van der Waals surface area contributed by atoms with Crippen molar-refractivity contribution in [2.45, 2.75) is 84.1 Å². The van der Waals surface area contributed by atoms with E-state index in [1.54, 1.807) is 101 Å². The minimum Gasteiger partial charge on any atom is -0.489 e. The van der Waals surface area contributed by atoms with Gasteiger partial charge in [0.15, 0.2) is 0 Å². The van der Waals surface area contributed by atoms with Crippen LogP contribution in [0.2, 0.25) is 0 Å².